The summed E-state index contributed by atoms with van der Waals surface area (Å²) in [7, 11) is 0. The van der Waals surface area contributed by atoms with Crippen molar-refractivity contribution in [1.29, 1.82) is 0 Å². The zero-order valence-corrected chi connectivity index (χ0v) is 9.82. The van der Waals surface area contributed by atoms with E-state index in [-0.39, 0.29) is 6.04 Å². The van der Waals surface area contributed by atoms with Gasteiger partial charge in [0.25, 0.3) is 0 Å². The topological polar surface area (TPSA) is 67.1 Å². The molecule has 0 amide bonds. The monoisotopic (exact) mass is 220 g/mol. The average molecular weight is 220 g/mol. The predicted octanol–water partition coefficient (Wildman–Crippen LogP) is 2.41. The van der Waals surface area contributed by atoms with Gasteiger partial charge in [-0.2, -0.15) is 0 Å². The van der Waals surface area contributed by atoms with E-state index in [9.17, 15) is 0 Å². The van der Waals surface area contributed by atoms with E-state index >= 15 is 0 Å². The van der Waals surface area contributed by atoms with Crippen molar-refractivity contribution in [2.75, 3.05) is 0 Å². The lowest BCUT2D eigenvalue weighted by molar-refractivity contribution is 0.435. The highest BCUT2D eigenvalue weighted by Gasteiger charge is 2.18. The smallest absolute Gasteiger partial charge is 0.130 e. The van der Waals surface area contributed by atoms with Crippen LogP contribution in [0.25, 0.3) is 0 Å². The molecule has 1 unspecified atom stereocenters. The van der Waals surface area contributed by atoms with E-state index in [1.807, 2.05) is 13.1 Å². The maximum atomic E-state index is 6.06. The number of aliphatic imine (C=N–C) groups is 1. The highest BCUT2D eigenvalue weighted by molar-refractivity contribution is 5.83. The van der Waals surface area contributed by atoms with Crippen LogP contribution in [0.4, 0.5) is 0 Å². The van der Waals surface area contributed by atoms with Crippen molar-refractivity contribution in [2.45, 2.75) is 45.1 Å². The second-order valence-corrected chi connectivity index (χ2v) is 4.54. The molecule has 0 saturated heterocycles. The van der Waals surface area contributed by atoms with Crippen LogP contribution in [0.5, 0.6) is 0 Å². The number of rotatable bonds is 3. The van der Waals surface area contributed by atoms with Crippen LogP contribution in [0.3, 0.4) is 0 Å². The van der Waals surface area contributed by atoms with Gasteiger partial charge in [-0.1, -0.05) is 19.3 Å². The Kier molecular flexibility index (Phi) is 3.59. The number of amidine groups is 1. The molecule has 16 heavy (non-hydrogen) atoms. The lowest BCUT2D eigenvalue weighted by Crippen LogP contribution is -2.26. The van der Waals surface area contributed by atoms with Crippen LogP contribution in [0.1, 0.15) is 50.9 Å². The second-order valence-electron chi connectivity index (χ2n) is 4.54. The summed E-state index contributed by atoms with van der Waals surface area (Å²) in [6.45, 7) is 2.02. The summed E-state index contributed by atoms with van der Waals surface area (Å²) in [5.74, 6) is 2.19. The van der Waals surface area contributed by atoms with E-state index < -0.39 is 0 Å². The quantitative estimate of drug-likeness (QED) is 0.606. The summed E-state index contributed by atoms with van der Waals surface area (Å²) < 4.78 is 0. The van der Waals surface area contributed by atoms with Gasteiger partial charge >= 0.3 is 0 Å². The lowest BCUT2D eigenvalue weighted by atomic mass is 9.88. The highest BCUT2D eigenvalue weighted by atomic mass is 15.0. The zero-order chi connectivity index (χ0) is 11.4. The fourth-order valence-corrected chi connectivity index (χ4v) is 2.29. The first-order valence-electron chi connectivity index (χ1n) is 6.10. The Bertz CT molecular complexity index is 336. The van der Waals surface area contributed by atoms with Crippen molar-refractivity contribution >= 4 is 5.84 Å². The van der Waals surface area contributed by atoms with Crippen molar-refractivity contribution < 1.29 is 0 Å². The number of H-pyrrole nitrogens is 1. The number of imidazole rings is 1. The number of nitrogens with one attached hydrogen (secondary N) is 1. The van der Waals surface area contributed by atoms with Crippen LogP contribution >= 0.6 is 0 Å². The molecule has 1 saturated carbocycles. The number of aromatic amines is 1. The molecule has 1 heterocycles. The predicted molar refractivity (Wildman–Crippen MR) is 65.2 cm³/mol. The molecule has 1 aromatic rings. The Hall–Kier alpha value is -1.32. The molecule has 2 rings (SSSR count). The zero-order valence-electron chi connectivity index (χ0n) is 9.82. The standard InChI is InChI=1S/C12H20N4/c1-9(12-14-7-8-15-12)16-11(13)10-5-3-2-4-6-10/h7-10H,2-6H2,1H3,(H2,13,16)(H,14,15). The minimum Gasteiger partial charge on any atom is -0.387 e. The van der Waals surface area contributed by atoms with Crippen LogP contribution in [-0.2, 0) is 0 Å². The number of nitrogens with two attached hydrogens (primary N) is 1. The van der Waals surface area contributed by atoms with Gasteiger partial charge in [0, 0.05) is 18.3 Å². The molecule has 3 N–H and O–H groups in total. The molecule has 4 nitrogen and oxygen atoms in total. The molecule has 88 valence electrons. The molecular weight excluding hydrogens is 200 g/mol. The number of aromatic nitrogens is 2. The minimum atomic E-state index is 0.0388. The van der Waals surface area contributed by atoms with Gasteiger partial charge in [-0.3, -0.25) is 4.99 Å². The molecule has 1 aliphatic carbocycles. The molecule has 4 heteroatoms. The third kappa shape index (κ3) is 2.62. The first-order valence-corrected chi connectivity index (χ1v) is 6.10. The van der Waals surface area contributed by atoms with Crippen LogP contribution < -0.4 is 5.73 Å². The summed E-state index contributed by atoms with van der Waals surface area (Å²) in [6.07, 6.45) is 9.88. The van der Waals surface area contributed by atoms with Crippen molar-refractivity contribution in [3.05, 3.63) is 18.2 Å². The Balaban J connectivity index is 1.99. The Morgan fingerprint density at radius 3 is 2.88 bits per heavy atom. The van der Waals surface area contributed by atoms with E-state index in [0.29, 0.717) is 5.92 Å². The van der Waals surface area contributed by atoms with Crippen LogP contribution in [0, 0.1) is 5.92 Å². The first-order chi connectivity index (χ1) is 7.77. The SMILES string of the molecule is CC(N=C(N)C1CCCCC1)c1ncc[nH]1. The maximum absolute atomic E-state index is 6.06. The second kappa shape index (κ2) is 5.14. The number of nitrogens with zero attached hydrogens (tertiary/aromatic N) is 2. The fraction of sp³-hybridized carbons (Fsp3) is 0.667. The van der Waals surface area contributed by atoms with Gasteiger partial charge in [-0.05, 0) is 19.8 Å². The Morgan fingerprint density at radius 2 is 2.25 bits per heavy atom. The summed E-state index contributed by atoms with van der Waals surface area (Å²) in [6, 6.07) is 0.0388. The van der Waals surface area contributed by atoms with Crippen molar-refractivity contribution in [2.24, 2.45) is 16.6 Å². The fourth-order valence-electron chi connectivity index (χ4n) is 2.29. The molecule has 1 aromatic heterocycles. The molecule has 1 aliphatic rings. The maximum Gasteiger partial charge on any atom is 0.130 e. The normalized spacial score (nSPS) is 20.9. The van der Waals surface area contributed by atoms with Crippen molar-refractivity contribution in [3.63, 3.8) is 0 Å². The molecule has 0 spiro atoms. The van der Waals surface area contributed by atoms with Gasteiger partial charge < -0.3 is 10.7 Å². The average Bonchev–Trinajstić information content (AvgIpc) is 2.83. The number of hydrogen-bond donors (Lipinski definition) is 2. The van der Waals surface area contributed by atoms with Gasteiger partial charge in [-0.15, -0.1) is 0 Å². The van der Waals surface area contributed by atoms with Gasteiger partial charge in [0.1, 0.15) is 11.9 Å². The molecule has 0 bridgehead atoms. The molecule has 0 radical (unpaired) electrons. The van der Waals surface area contributed by atoms with Crippen molar-refractivity contribution in [3.8, 4) is 0 Å². The van der Waals surface area contributed by atoms with Gasteiger partial charge in [0.2, 0.25) is 0 Å². The minimum absolute atomic E-state index is 0.0388. The molecular formula is C12H20N4. The van der Waals surface area contributed by atoms with Crippen LogP contribution in [-0.4, -0.2) is 15.8 Å². The molecule has 0 aromatic carbocycles. The lowest BCUT2D eigenvalue weighted by Gasteiger charge is -2.21. The van der Waals surface area contributed by atoms with Crippen LogP contribution in [0.2, 0.25) is 0 Å². The van der Waals surface area contributed by atoms with E-state index in [1.54, 1.807) is 6.20 Å². The molecule has 1 atom stereocenters. The van der Waals surface area contributed by atoms with E-state index in [2.05, 4.69) is 15.0 Å². The summed E-state index contributed by atoms with van der Waals surface area (Å²) in [4.78, 5) is 11.8. The summed E-state index contributed by atoms with van der Waals surface area (Å²) in [5, 5.41) is 0. The number of hydrogen-bond acceptors (Lipinski definition) is 2. The summed E-state index contributed by atoms with van der Waals surface area (Å²) in [5.41, 5.74) is 6.06. The van der Waals surface area contributed by atoms with Gasteiger partial charge in [-0.25, -0.2) is 4.98 Å². The summed E-state index contributed by atoms with van der Waals surface area (Å²) >= 11 is 0. The molecule has 0 aliphatic heterocycles. The van der Waals surface area contributed by atoms with E-state index in [1.165, 1.54) is 32.1 Å². The largest absolute Gasteiger partial charge is 0.387 e. The van der Waals surface area contributed by atoms with Gasteiger partial charge in [0.15, 0.2) is 0 Å². The van der Waals surface area contributed by atoms with Gasteiger partial charge in [0.05, 0.1) is 5.84 Å². The van der Waals surface area contributed by atoms with Crippen LogP contribution in [0.15, 0.2) is 17.4 Å². The molecule has 1 fully saturated rings. The highest BCUT2D eigenvalue weighted by Crippen LogP contribution is 2.24. The third-order valence-electron chi connectivity index (χ3n) is 3.28. The van der Waals surface area contributed by atoms with Crippen molar-refractivity contribution in [1.82, 2.24) is 9.97 Å². The Labute approximate surface area is 96.4 Å². The third-order valence-corrected chi connectivity index (χ3v) is 3.28. The van der Waals surface area contributed by atoms with E-state index in [0.717, 1.165) is 11.7 Å². The Morgan fingerprint density at radius 1 is 1.50 bits per heavy atom. The first kappa shape index (κ1) is 11.2. The van der Waals surface area contributed by atoms with E-state index in [4.69, 9.17) is 5.73 Å².